The minimum atomic E-state index is 0.278. The lowest BCUT2D eigenvalue weighted by atomic mass is 10.8. The Hall–Kier alpha value is -0.770. The van der Waals surface area contributed by atoms with Crippen LogP contribution in [0, 0.1) is 4.64 Å². The first kappa shape index (κ1) is 4.39. The summed E-state index contributed by atoms with van der Waals surface area (Å²) in [7, 11) is 0. The molecule has 0 amide bonds. The van der Waals surface area contributed by atoms with Crippen molar-refractivity contribution in [2.45, 2.75) is 0 Å². The molecule has 0 aromatic carbocycles. The van der Waals surface area contributed by atoms with Crippen LogP contribution in [0.25, 0.3) is 0 Å². The lowest BCUT2D eigenvalue weighted by Gasteiger charge is -1.78. The average Bonchev–Trinajstić information content (AvgIpc) is 1.91. The Morgan fingerprint density at radius 1 is 1.86 bits per heavy atom. The summed E-state index contributed by atoms with van der Waals surface area (Å²) >= 11 is 4.51. The molecule has 3 nitrogen and oxygen atoms in total. The molecule has 0 spiro atoms. The van der Waals surface area contributed by atoms with Crippen LogP contribution in [0.2, 0.25) is 0 Å². The Kier molecular flexibility index (Phi) is 0.867. The predicted octanol–water partition coefficient (Wildman–Crippen LogP) is 1.05. The predicted molar refractivity (Wildman–Crippen MR) is 24.7 cm³/mol. The van der Waals surface area contributed by atoms with E-state index in [1.165, 1.54) is 12.3 Å². The van der Waals surface area contributed by atoms with Gasteiger partial charge in [-0.3, -0.25) is 0 Å². The first-order valence-electron chi connectivity index (χ1n) is 1.67. The number of nitrogens with zero attached hydrogens (tertiary/aromatic N) is 1. The van der Waals surface area contributed by atoms with Crippen LogP contribution in [0.1, 0.15) is 0 Å². The summed E-state index contributed by atoms with van der Waals surface area (Å²) in [5.41, 5.74) is 0. The molecular formula is C3H3NO2S. The second kappa shape index (κ2) is 1.38. The lowest BCUT2D eigenvalue weighted by Crippen LogP contribution is -1.82. The van der Waals surface area contributed by atoms with E-state index in [1.807, 2.05) is 0 Å². The molecule has 0 saturated heterocycles. The van der Waals surface area contributed by atoms with Crippen LogP contribution in [-0.2, 0) is 0 Å². The smallest absolute Gasteiger partial charge is 0.183 e. The van der Waals surface area contributed by atoms with Crippen LogP contribution >= 0.6 is 12.2 Å². The van der Waals surface area contributed by atoms with Gasteiger partial charge in [0, 0.05) is 6.07 Å². The molecular weight excluding hydrogens is 114 g/mol. The topological polar surface area (TPSA) is 38.3 Å². The third-order valence-electron chi connectivity index (χ3n) is 0.560. The summed E-state index contributed by atoms with van der Waals surface area (Å²) in [6.07, 6.45) is 1.31. The zero-order chi connectivity index (χ0) is 5.28. The van der Waals surface area contributed by atoms with Gasteiger partial charge in [-0.2, -0.15) is 0 Å². The molecule has 7 heavy (non-hydrogen) atoms. The Balaban J connectivity index is 3.39. The SMILES string of the molecule is On1occc1=S. The van der Waals surface area contributed by atoms with Gasteiger partial charge in [-0.25, -0.2) is 0 Å². The minimum absolute atomic E-state index is 0.278. The minimum Gasteiger partial charge on any atom is -0.400 e. The van der Waals surface area contributed by atoms with Crippen molar-refractivity contribution in [3.8, 4) is 0 Å². The maximum Gasteiger partial charge on any atom is 0.183 e. The van der Waals surface area contributed by atoms with E-state index in [0.29, 0.717) is 4.90 Å². The molecule has 1 rings (SSSR count). The summed E-state index contributed by atoms with van der Waals surface area (Å²) in [4.78, 5) is 0.523. The molecule has 0 saturated carbocycles. The van der Waals surface area contributed by atoms with Crippen LogP contribution < -0.4 is 0 Å². The lowest BCUT2D eigenvalue weighted by molar-refractivity contribution is 0.00705. The fourth-order valence-electron chi connectivity index (χ4n) is 0.262. The summed E-state index contributed by atoms with van der Waals surface area (Å²) < 4.78 is 4.61. The molecule has 0 unspecified atom stereocenters. The highest BCUT2D eigenvalue weighted by molar-refractivity contribution is 7.71. The number of rotatable bonds is 0. The summed E-state index contributed by atoms with van der Waals surface area (Å²) in [6, 6.07) is 1.48. The molecule has 0 fully saturated rings. The fourth-order valence-corrected chi connectivity index (χ4v) is 0.361. The van der Waals surface area contributed by atoms with E-state index in [0.717, 1.165) is 0 Å². The standard InChI is InChI=1S/C3H3NO2S/c5-4-3(7)1-2-6-4/h1-2,5H. The normalized spacial score (nSPS) is 9.14. The van der Waals surface area contributed by atoms with E-state index >= 15 is 0 Å². The molecule has 0 aliphatic rings. The molecule has 0 aliphatic carbocycles. The largest absolute Gasteiger partial charge is 0.400 e. The molecule has 0 bridgehead atoms. The molecule has 1 heterocycles. The van der Waals surface area contributed by atoms with Crippen molar-refractivity contribution in [1.82, 2.24) is 4.90 Å². The quantitative estimate of drug-likeness (QED) is 0.407. The van der Waals surface area contributed by atoms with Gasteiger partial charge in [0.2, 0.25) is 0 Å². The van der Waals surface area contributed by atoms with Gasteiger partial charge in [-0.1, -0.05) is 12.2 Å². The molecule has 1 aromatic heterocycles. The number of hydrogen-bond acceptors (Lipinski definition) is 3. The second-order valence-corrected chi connectivity index (χ2v) is 1.44. The van der Waals surface area contributed by atoms with Crippen molar-refractivity contribution < 1.29 is 9.73 Å². The third kappa shape index (κ3) is 0.640. The van der Waals surface area contributed by atoms with Crippen LogP contribution in [0.3, 0.4) is 0 Å². The molecule has 0 radical (unpaired) electrons. The van der Waals surface area contributed by atoms with E-state index < -0.39 is 0 Å². The summed E-state index contributed by atoms with van der Waals surface area (Å²) in [5.74, 6) is 0. The Morgan fingerprint density at radius 3 is 2.71 bits per heavy atom. The maximum absolute atomic E-state index is 8.41. The highest BCUT2D eigenvalue weighted by Crippen LogP contribution is 1.87. The van der Waals surface area contributed by atoms with Crippen molar-refractivity contribution in [2.24, 2.45) is 0 Å². The van der Waals surface area contributed by atoms with Gasteiger partial charge in [-0.05, 0) is 4.90 Å². The zero-order valence-electron chi connectivity index (χ0n) is 3.37. The van der Waals surface area contributed by atoms with E-state index in [-0.39, 0.29) is 4.64 Å². The van der Waals surface area contributed by atoms with Crippen molar-refractivity contribution in [2.75, 3.05) is 0 Å². The van der Waals surface area contributed by atoms with E-state index in [1.54, 1.807) is 0 Å². The van der Waals surface area contributed by atoms with Gasteiger partial charge in [0.05, 0.1) is 0 Å². The molecule has 4 heteroatoms. The maximum atomic E-state index is 8.41. The van der Waals surface area contributed by atoms with Gasteiger partial charge < -0.3 is 9.73 Å². The van der Waals surface area contributed by atoms with Crippen molar-refractivity contribution in [3.63, 3.8) is 0 Å². The summed E-state index contributed by atoms with van der Waals surface area (Å²) in [5, 5.41) is 8.41. The Labute approximate surface area is 44.7 Å². The van der Waals surface area contributed by atoms with Gasteiger partial charge in [0.25, 0.3) is 0 Å². The van der Waals surface area contributed by atoms with Gasteiger partial charge in [0.1, 0.15) is 6.26 Å². The second-order valence-electron chi connectivity index (χ2n) is 1.02. The molecule has 38 valence electrons. The molecule has 0 atom stereocenters. The zero-order valence-corrected chi connectivity index (χ0v) is 4.18. The van der Waals surface area contributed by atoms with Crippen molar-refractivity contribution in [1.29, 1.82) is 0 Å². The summed E-state index contributed by atoms with van der Waals surface area (Å²) in [6.45, 7) is 0. The fraction of sp³-hybridized carbons (Fsp3) is 0. The monoisotopic (exact) mass is 117 g/mol. The van der Waals surface area contributed by atoms with Crippen molar-refractivity contribution in [3.05, 3.63) is 17.0 Å². The van der Waals surface area contributed by atoms with Gasteiger partial charge >= 0.3 is 0 Å². The van der Waals surface area contributed by atoms with Crippen LogP contribution in [0.5, 0.6) is 0 Å². The Morgan fingerprint density at radius 2 is 2.57 bits per heavy atom. The molecule has 1 N–H and O–H groups in total. The first-order valence-corrected chi connectivity index (χ1v) is 2.08. The van der Waals surface area contributed by atoms with Crippen molar-refractivity contribution >= 4 is 12.2 Å². The van der Waals surface area contributed by atoms with Crippen LogP contribution in [0.4, 0.5) is 0 Å². The average molecular weight is 117 g/mol. The first-order chi connectivity index (χ1) is 3.30. The van der Waals surface area contributed by atoms with E-state index in [2.05, 4.69) is 16.7 Å². The van der Waals surface area contributed by atoms with Crippen LogP contribution in [-0.4, -0.2) is 10.1 Å². The van der Waals surface area contributed by atoms with E-state index in [4.69, 9.17) is 5.21 Å². The van der Waals surface area contributed by atoms with Gasteiger partial charge in [0.15, 0.2) is 4.64 Å². The third-order valence-corrected chi connectivity index (χ3v) is 0.852. The van der Waals surface area contributed by atoms with Crippen LogP contribution in [0.15, 0.2) is 16.9 Å². The highest BCUT2D eigenvalue weighted by atomic mass is 32.1. The number of aromatic nitrogens is 1. The number of hydrogen-bond donors (Lipinski definition) is 1. The highest BCUT2D eigenvalue weighted by Gasteiger charge is 1.82. The van der Waals surface area contributed by atoms with Gasteiger partial charge in [-0.15, -0.1) is 0 Å². The molecule has 1 aromatic rings. The Bertz CT molecular complexity index is 201. The molecule has 0 aliphatic heterocycles. The van der Waals surface area contributed by atoms with E-state index in [9.17, 15) is 0 Å².